The largest absolute Gasteiger partial charge is 0.377 e. The van der Waals surface area contributed by atoms with E-state index >= 15 is 0 Å². The zero-order valence-electron chi connectivity index (χ0n) is 12.2. The molecule has 0 aliphatic rings. The lowest BCUT2D eigenvalue weighted by Crippen LogP contribution is -1.97. The molecule has 0 saturated carbocycles. The summed E-state index contributed by atoms with van der Waals surface area (Å²) in [6.45, 7) is 3.26. The summed E-state index contributed by atoms with van der Waals surface area (Å²) in [6, 6.07) is 12.3. The van der Waals surface area contributed by atoms with Crippen molar-refractivity contribution in [2.45, 2.75) is 13.5 Å². The molecular weight excluding hydrogens is 281 g/mol. The Morgan fingerprint density at radius 3 is 2.68 bits per heavy atom. The molecule has 1 heterocycles. The lowest BCUT2D eigenvalue weighted by molar-refractivity contribution is 0.134. The van der Waals surface area contributed by atoms with Gasteiger partial charge in [0.05, 0.1) is 12.1 Å². The summed E-state index contributed by atoms with van der Waals surface area (Å²) in [7, 11) is 0. The highest BCUT2D eigenvalue weighted by Crippen LogP contribution is 2.23. The van der Waals surface area contributed by atoms with Crippen LogP contribution in [0.4, 0.5) is 15.9 Å². The van der Waals surface area contributed by atoms with E-state index in [2.05, 4.69) is 15.3 Å². The molecule has 0 atom stereocenters. The van der Waals surface area contributed by atoms with Gasteiger partial charge in [-0.15, -0.1) is 0 Å². The van der Waals surface area contributed by atoms with Crippen molar-refractivity contribution >= 4 is 22.4 Å². The molecule has 0 spiro atoms. The molecule has 1 N–H and O–H groups in total. The van der Waals surface area contributed by atoms with Gasteiger partial charge in [0.25, 0.3) is 0 Å². The van der Waals surface area contributed by atoms with Gasteiger partial charge in [-0.25, -0.2) is 14.4 Å². The summed E-state index contributed by atoms with van der Waals surface area (Å²) < 4.78 is 18.8. The molecule has 2 aromatic carbocycles. The number of benzene rings is 2. The number of hydrogen-bond donors (Lipinski definition) is 1. The van der Waals surface area contributed by atoms with Crippen molar-refractivity contribution in [1.82, 2.24) is 9.97 Å². The molecule has 5 heteroatoms. The van der Waals surface area contributed by atoms with Gasteiger partial charge in [0, 0.05) is 17.7 Å². The molecule has 3 rings (SSSR count). The standard InChI is InChI=1S/C17H16FN3O/c1-2-22-10-12-3-6-14(7-4-12)21-17-15-9-13(18)5-8-16(15)19-11-20-17/h3-9,11H,2,10H2,1H3,(H,19,20,21). The number of nitrogens with one attached hydrogen (secondary N) is 1. The van der Waals surface area contributed by atoms with Crippen molar-refractivity contribution in [3.05, 3.63) is 60.2 Å². The average Bonchev–Trinajstić information content (AvgIpc) is 2.55. The number of ether oxygens (including phenoxy) is 1. The van der Waals surface area contributed by atoms with E-state index in [1.165, 1.54) is 18.5 Å². The van der Waals surface area contributed by atoms with Crippen LogP contribution >= 0.6 is 0 Å². The van der Waals surface area contributed by atoms with Crippen molar-refractivity contribution in [2.24, 2.45) is 0 Å². The van der Waals surface area contributed by atoms with Crippen LogP contribution in [-0.4, -0.2) is 16.6 Å². The fraction of sp³-hybridized carbons (Fsp3) is 0.176. The molecule has 0 fully saturated rings. The molecule has 112 valence electrons. The molecule has 1 aromatic heterocycles. The van der Waals surface area contributed by atoms with Crippen molar-refractivity contribution in [3.63, 3.8) is 0 Å². The van der Waals surface area contributed by atoms with Crippen molar-refractivity contribution in [2.75, 3.05) is 11.9 Å². The third-order valence-corrected chi connectivity index (χ3v) is 3.29. The molecule has 0 radical (unpaired) electrons. The second-order valence-corrected chi connectivity index (χ2v) is 4.84. The molecule has 0 aliphatic heterocycles. The van der Waals surface area contributed by atoms with E-state index in [0.717, 1.165) is 11.3 Å². The van der Waals surface area contributed by atoms with Crippen LogP contribution in [0.25, 0.3) is 10.9 Å². The summed E-state index contributed by atoms with van der Waals surface area (Å²) in [5.41, 5.74) is 2.68. The van der Waals surface area contributed by atoms with Gasteiger partial charge in [0.15, 0.2) is 0 Å². The third kappa shape index (κ3) is 3.20. The van der Waals surface area contributed by atoms with Gasteiger partial charge in [0.2, 0.25) is 0 Å². The molecule has 0 amide bonds. The number of aromatic nitrogens is 2. The van der Waals surface area contributed by atoms with E-state index in [4.69, 9.17) is 4.74 Å². The Kier molecular flexibility index (Phi) is 4.25. The molecule has 0 bridgehead atoms. The van der Waals surface area contributed by atoms with Crippen molar-refractivity contribution in [1.29, 1.82) is 0 Å². The summed E-state index contributed by atoms with van der Waals surface area (Å²) in [6.07, 6.45) is 1.46. The van der Waals surface area contributed by atoms with E-state index in [-0.39, 0.29) is 5.82 Å². The van der Waals surface area contributed by atoms with Crippen LogP contribution in [0, 0.1) is 5.82 Å². The molecule has 0 unspecified atom stereocenters. The minimum Gasteiger partial charge on any atom is -0.377 e. The summed E-state index contributed by atoms with van der Waals surface area (Å²) in [4.78, 5) is 8.34. The van der Waals surface area contributed by atoms with Crippen LogP contribution in [0.15, 0.2) is 48.8 Å². The number of anilines is 2. The Hall–Kier alpha value is -2.53. The number of hydrogen-bond acceptors (Lipinski definition) is 4. The maximum atomic E-state index is 13.4. The van der Waals surface area contributed by atoms with Crippen LogP contribution in [-0.2, 0) is 11.3 Å². The highest BCUT2D eigenvalue weighted by molar-refractivity contribution is 5.90. The van der Waals surface area contributed by atoms with Crippen molar-refractivity contribution < 1.29 is 9.13 Å². The highest BCUT2D eigenvalue weighted by Gasteiger charge is 2.05. The Balaban J connectivity index is 1.85. The summed E-state index contributed by atoms with van der Waals surface area (Å²) in [5, 5.41) is 3.85. The molecule has 4 nitrogen and oxygen atoms in total. The fourth-order valence-electron chi connectivity index (χ4n) is 2.17. The number of halogens is 1. The molecular formula is C17H16FN3O. The smallest absolute Gasteiger partial charge is 0.141 e. The predicted octanol–water partition coefficient (Wildman–Crippen LogP) is 4.05. The quantitative estimate of drug-likeness (QED) is 0.772. The Labute approximate surface area is 128 Å². The van der Waals surface area contributed by atoms with E-state index < -0.39 is 0 Å². The summed E-state index contributed by atoms with van der Waals surface area (Å²) in [5.74, 6) is 0.277. The topological polar surface area (TPSA) is 47.0 Å². The van der Waals surface area contributed by atoms with Gasteiger partial charge in [-0.2, -0.15) is 0 Å². The van der Waals surface area contributed by atoms with Crippen molar-refractivity contribution in [3.8, 4) is 0 Å². The number of fused-ring (bicyclic) bond motifs is 1. The van der Waals surface area contributed by atoms with Crippen LogP contribution in [0.2, 0.25) is 0 Å². The Bertz CT molecular complexity index is 774. The zero-order chi connectivity index (χ0) is 15.4. The predicted molar refractivity (Wildman–Crippen MR) is 84.6 cm³/mol. The first-order valence-corrected chi connectivity index (χ1v) is 7.10. The molecule has 0 aliphatic carbocycles. The normalized spacial score (nSPS) is 10.8. The maximum absolute atomic E-state index is 13.4. The monoisotopic (exact) mass is 297 g/mol. The summed E-state index contributed by atoms with van der Waals surface area (Å²) >= 11 is 0. The van der Waals surface area contributed by atoms with Crippen LogP contribution in [0.5, 0.6) is 0 Å². The minimum atomic E-state index is -0.308. The first-order chi connectivity index (χ1) is 10.8. The average molecular weight is 297 g/mol. The van der Waals surface area contributed by atoms with Gasteiger partial charge in [-0.05, 0) is 42.8 Å². The Morgan fingerprint density at radius 1 is 1.09 bits per heavy atom. The zero-order valence-corrected chi connectivity index (χ0v) is 12.2. The third-order valence-electron chi connectivity index (χ3n) is 3.29. The lowest BCUT2D eigenvalue weighted by atomic mass is 10.2. The minimum absolute atomic E-state index is 0.308. The van der Waals surface area contributed by atoms with E-state index in [9.17, 15) is 4.39 Å². The SMILES string of the molecule is CCOCc1ccc(Nc2ncnc3ccc(F)cc23)cc1. The van der Waals surface area contributed by atoms with Crippen LogP contribution in [0.1, 0.15) is 12.5 Å². The van der Waals surface area contributed by atoms with Crippen LogP contribution < -0.4 is 5.32 Å². The molecule has 0 saturated heterocycles. The molecule has 3 aromatic rings. The highest BCUT2D eigenvalue weighted by atomic mass is 19.1. The molecule has 22 heavy (non-hydrogen) atoms. The van der Waals surface area contributed by atoms with E-state index in [1.807, 2.05) is 31.2 Å². The first-order valence-electron chi connectivity index (χ1n) is 7.10. The van der Waals surface area contributed by atoms with Crippen LogP contribution in [0.3, 0.4) is 0 Å². The number of nitrogens with zero attached hydrogens (tertiary/aromatic N) is 2. The van der Waals surface area contributed by atoms with Gasteiger partial charge >= 0.3 is 0 Å². The first kappa shape index (κ1) is 14.4. The number of rotatable bonds is 5. The maximum Gasteiger partial charge on any atom is 0.141 e. The van der Waals surface area contributed by atoms with Gasteiger partial charge in [-0.1, -0.05) is 12.1 Å². The second kappa shape index (κ2) is 6.49. The van der Waals surface area contributed by atoms with E-state index in [1.54, 1.807) is 6.07 Å². The van der Waals surface area contributed by atoms with Gasteiger partial charge < -0.3 is 10.1 Å². The lowest BCUT2D eigenvalue weighted by Gasteiger charge is -2.09. The Morgan fingerprint density at radius 2 is 1.91 bits per heavy atom. The van der Waals surface area contributed by atoms with Gasteiger partial charge in [0.1, 0.15) is 18.0 Å². The van der Waals surface area contributed by atoms with E-state index in [0.29, 0.717) is 29.9 Å². The van der Waals surface area contributed by atoms with Gasteiger partial charge in [-0.3, -0.25) is 0 Å². The fourth-order valence-corrected chi connectivity index (χ4v) is 2.17. The second-order valence-electron chi connectivity index (χ2n) is 4.84.